The fraction of sp³-hybridized carbons (Fsp3) is 0.500. The number of amides is 1. The van der Waals surface area contributed by atoms with Crippen LogP contribution in [0.15, 0.2) is 24.3 Å². The molecule has 0 aromatic heterocycles. The smallest absolute Gasteiger partial charge is 0.251 e. The van der Waals surface area contributed by atoms with Crippen LogP contribution in [-0.4, -0.2) is 11.9 Å². The molecule has 0 heterocycles. The Balaban J connectivity index is 2.46. The molecule has 0 spiro atoms. The molecular formula is C14H20INO. The highest BCUT2D eigenvalue weighted by Gasteiger charge is 2.09. The van der Waals surface area contributed by atoms with E-state index in [-0.39, 0.29) is 11.9 Å². The summed E-state index contributed by atoms with van der Waals surface area (Å²) in [5.41, 5.74) is 0.738. The van der Waals surface area contributed by atoms with E-state index >= 15 is 0 Å². The first-order chi connectivity index (χ1) is 7.99. The van der Waals surface area contributed by atoms with E-state index in [9.17, 15) is 4.79 Å². The molecule has 17 heavy (non-hydrogen) atoms. The molecule has 1 amide bonds. The molecule has 0 aliphatic rings. The van der Waals surface area contributed by atoms with E-state index in [0.717, 1.165) is 22.0 Å². The topological polar surface area (TPSA) is 29.1 Å². The number of carbonyl (C=O) groups excluding carboxylic acids is 1. The first kappa shape index (κ1) is 14.5. The number of benzene rings is 1. The summed E-state index contributed by atoms with van der Waals surface area (Å²) >= 11 is 2.23. The summed E-state index contributed by atoms with van der Waals surface area (Å²) < 4.78 is 1.15. The second-order valence-electron chi connectivity index (χ2n) is 4.85. The molecular weight excluding hydrogens is 325 g/mol. The third-order valence-electron chi connectivity index (χ3n) is 2.66. The van der Waals surface area contributed by atoms with Gasteiger partial charge in [-0.1, -0.05) is 13.8 Å². The average Bonchev–Trinajstić information content (AvgIpc) is 2.27. The van der Waals surface area contributed by atoms with Crippen LogP contribution >= 0.6 is 22.6 Å². The predicted molar refractivity (Wildman–Crippen MR) is 80.2 cm³/mol. The van der Waals surface area contributed by atoms with Crippen LogP contribution in [0, 0.1) is 9.49 Å². The van der Waals surface area contributed by atoms with E-state index in [1.165, 1.54) is 0 Å². The van der Waals surface area contributed by atoms with Crippen molar-refractivity contribution in [2.45, 2.75) is 39.7 Å². The minimum atomic E-state index is 0.0256. The van der Waals surface area contributed by atoms with Crippen LogP contribution in [0.4, 0.5) is 0 Å². The van der Waals surface area contributed by atoms with E-state index in [1.54, 1.807) is 0 Å². The second-order valence-corrected chi connectivity index (χ2v) is 6.10. The van der Waals surface area contributed by atoms with Crippen molar-refractivity contribution in [1.29, 1.82) is 0 Å². The molecule has 0 radical (unpaired) electrons. The molecule has 1 aromatic rings. The van der Waals surface area contributed by atoms with Crippen molar-refractivity contribution < 1.29 is 4.79 Å². The molecule has 0 saturated heterocycles. The van der Waals surface area contributed by atoms with Gasteiger partial charge in [-0.05, 0) is 72.5 Å². The highest BCUT2D eigenvalue weighted by molar-refractivity contribution is 14.1. The Kier molecular flexibility index (Phi) is 5.95. The summed E-state index contributed by atoms with van der Waals surface area (Å²) in [7, 11) is 0. The first-order valence-corrected chi connectivity index (χ1v) is 7.13. The van der Waals surface area contributed by atoms with Crippen LogP contribution in [0.3, 0.4) is 0 Å². The maximum atomic E-state index is 11.9. The van der Waals surface area contributed by atoms with Gasteiger partial charge < -0.3 is 5.32 Å². The summed E-state index contributed by atoms with van der Waals surface area (Å²) in [4.78, 5) is 11.9. The summed E-state index contributed by atoms with van der Waals surface area (Å²) in [5, 5.41) is 3.03. The zero-order valence-electron chi connectivity index (χ0n) is 10.7. The maximum Gasteiger partial charge on any atom is 0.251 e. The Hall–Kier alpha value is -0.580. The van der Waals surface area contributed by atoms with Gasteiger partial charge >= 0.3 is 0 Å². The third-order valence-corrected chi connectivity index (χ3v) is 3.38. The van der Waals surface area contributed by atoms with Gasteiger partial charge in [0.2, 0.25) is 0 Å². The Morgan fingerprint density at radius 3 is 2.29 bits per heavy atom. The molecule has 0 aliphatic heterocycles. The third kappa shape index (κ3) is 5.52. The second kappa shape index (κ2) is 6.99. The molecule has 3 heteroatoms. The first-order valence-electron chi connectivity index (χ1n) is 6.05. The molecule has 1 aromatic carbocycles. The van der Waals surface area contributed by atoms with E-state index < -0.39 is 0 Å². The van der Waals surface area contributed by atoms with E-state index in [1.807, 2.05) is 24.3 Å². The van der Waals surface area contributed by atoms with Crippen molar-refractivity contribution in [3.8, 4) is 0 Å². The van der Waals surface area contributed by atoms with E-state index in [0.29, 0.717) is 5.92 Å². The SMILES string of the molecule is CC(C)CC[C@@H](C)NC(=O)c1ccc(I)cc1. The standard InChI is InChI=1S/C14H20INO/c1-10(2)4-5-11(3)16-14(17)12-6-8-13(15)9-7-12/h6-11H,4-5H2,1-3H3,(H,16,17)/t11-/m1/s1. The molecule has 0 aliphatic carbocycles. The van der Waals surface area contributed by atoms with Crippen molar-refractivity contribution in [2.75, 3.05) is 0 Å². The quantitative estimate of drug-likeness (QED) is 0.807. The van der Waals surface area contributed by atoms with Crippen molar-refractivity contribution >= 4 is 28.5 Å². The largest absolute Gasteiger partial charge is 0.350 e. The summed E-state index contributed by atoms with van der Waals surface area (Å²) in [6.07, 6.45) is 2.18. The normalized spacial score (nSPS) is 12.5. The number of nitrogens with one attached hydrogen (secondary N) is 1. The molecule has 2 nitrogen and oxygen atoms in total. The Morgan fingerprint density at radius 1 is 1.18 bits per heavy atom. The zero-order valence-corrected chi connectivity index (χ0v) is 12.8. The number of hydrogen-bond donors (Lipinski definition) is 1. The minimum Gasteiger partial charge on any atom is -0.350 e. The highest BCUT2D eigenvalue weighted by atomic mass is 127. The van der Waals surface area contributed by atoms with Gasteiger partial charge in [-0.3, -0.25) is 4.79 Å². The number of halogens is 1. The van der Waals surface area contributed by atoms with Crippen molar-refractivity contribution in [3.63, 3.8) is 0 Å². The van der Waals surface area contributed by atoms with Crippen molar-refractivity contribution in [3.05, 3.63) is 33.4 Å². The molecule has 94 valence electrons. The average molecular weight is 345 g/mol. The minimum absolute atomic E-state index is 0.0256. The molecule has 1 N–H and O–H groups in total. The van der Waals surface area contributed by atoms with Crippen LogP contribution in [-0.2, 0) is 0 Å². The van der Waals surface area contributed by atoms with Crippen molar-refractivity contribution in [2.24, 2.45) is 5.92 Å². The summed E-state index contributed by atoms with van der Waals surface area (Å²) in [6.45, 7) is 6.47. The van der Waals surface area contributed by atoms with Gasteiger partial charge in [-0.2, -0.15) is 0 Å². The van der Waals surface area contributed by atoms with Gasteiger partial charge in [0.25, 0.3) is 5.91 Å². The molecule has 0 fully saturated rings. The van der Waals surface area contributed by atoms with Gasteiger partial charge in [0.1, 0.15) is 0 Å². The van der Waals surface area contributed by atoms with Crippen LogP contribution < -0.4 is 5.32 Å². The van der Waals surface area contributed by atoms with Gasteiger partial charge in [0.05, 0.1) is 0 Å². The van der Waals surface area contributed by atoms with E-state index in [4.69, 9.17) is 0 Å². The molecule has 1 atom stereocenters. The molecule has 0 unspecified atom stereocenters. The number of carbonyl (C=O) groups is 1. The lowest BCUT2D eigenvalue weighted by molar-refractivity contribution is 0.0937. The maximum absolute atomic E-state index is 11.9. The predicted octanol–water partition coefficient (Wildman–Crippen LogP) is 3.85. The van der Waals surface area contributed by atoms with Gasteiger partial charge in [0, 0.05) is 15.2 Å². The lowest BCUT2D eigenvalue weighted by atomic mass is 10.0. The summed E-state index contributed by atoms with van der Waals surface area (Å²) in [5.74, 6) is 0.713. The Labute approximate surface area is 117 Å². The molecule has 0 saturated carbocycles. The molecule has 1 rings (SSSR count). The van der Waals surface area contributed by atoms with E-state index in [2.05, 4.69) is 48.7 Å². The van der Waals surface area contributed by atoms with Crippen LogP contribution in [0.25, 0.3) is 0 Å². The summed E-state index contributed by atoms with van der Waals surface area (Å²) in [6, 6.07) is 7.88. The lowest BCUT2D eigenvalue weighted by Gasteiger charge is -2.15. The Bertz CT molecular complexity index is 359. The fourth-order valence-electron chi connectivity index (χ4n) is 1.56. The van der Waals surface area contributed by atoms with Gasteiger partial charge in [0.15, 0.2) is 0 Å². The number of rotatable bonds is 5. The lowest BCUT2D eigenvalue weighted by Crippen LogP contribution is -2.32. The number of hydrogen-bond acceptors (Lipinski definition) is 1. The zero-order chi connectivity index (χ0) is 12.8. The van der Waals surface area contributed by atoms with Gasteiger partial charge in [-0.25, -0.2) is 0 Å². The highest BCUT2D eigenvalue weighted by Crippen LogP contribution is 2.09. The van der Waals surface area contributed by atoms with Crippen molar-refractivity contribution in [1.82, 2.24) is 5.32 Å². The van der Waals surface area contributed by atoms with Crippen LogP contribution in [0.2, 0.25) is 0 Å². The molecule has 0 bridgehead atoms. The van der Waals surface area contributed by atoms with Crippen LogP contribution in [0.1, 0.15) is 44.0 Å². The fourth-order valence-corrected chi connectivity index (χ4v) is 1.92. The Morgan fingerprint density at radius 2 is 1.76 bits per heavy atom. The monoisotopic (exact) mass is 345 g/mol. The van der Waals surface area contributed by atoms with Crippen LogP contribution in [0.5, 0.6) is 0 Å². The van der Waals surface area contributed by atoms with Gasteiger partial charge in [-0.15, -0.1) is 0 Å².